The first kappa shape index (κ1) is 21.1. The highest BCUT2D eigenvalue weighted by Gasteiger charge is 2.58. The second kappa shape index (κ2) is 7.66. The highest BCUT2D eigenvalue weighted by atomic mass is 19.3. The molecule has 0 radical (unpaired) electrons. The molecule has 5 nitrogen and oxygen atoms in total. The second-order valence-corrected chi connectivity index (χ2v) is 9.55. The number of pyridine rings is 1. The molecule has 2 fully saturated rings. The van der Waals surface area contributed by atoms with Gasteiger partial charge in [0.25, 0.3) is 6.47 Å². The van der Waals surface area contributed by atoms with Crippen molar-refractivity contribution in [2.24, 2.45) is 5.41 Å². The summed E-state index contributed by atoms with van der Waals surface area (Å²) in [6, 6.07) is 7.86. The van der Waals surface area contributed by atoms with E-state index in [0.717, 1.165) is 30.6 Å². The average molecular weight is 440 g/mol. The van der Waals surface area contributed by atoms with E-state index in [1.54, 1.807) is 12.3 Å². The minimum absolute atomic E-state index is 0.0210. The minimum atomic E-state index is -2.54. The highest BCUT2D eigenvalue weighted by Crippen LogP contribution is 2.60. The molecule has 2 aliphatic rings. The van der Waals surface area contributed by atoms with Gasteiger partial charge in [0, 0.05) is 54.8 Å². The van der Waals surface area contributed by atoms with Gasteiger partial charge in [0.2, 0.25) is 11.8 Å². The zero-order chi connectivity index (χ0) is 22.5. The van der Waals surface area contributed by atoms with Crippen LogP contribution in [0, 0.1) is 19.3 Å². The fourth-order valence-corrected chi connectivity index (χ4v) is 5.83. The molecule has 5 rings (SSSR count). The highest BCUT2D eigenvalue weighted by molar-refractivity contribution is 5.87. The third-order valence-electron chi connectivity index (χ3n) is 7.31. The molecule has 1 N–H and O–H groups in total. The van der Waals surface area contributed by atoms with Crippen LogP contribution in [0.25, 0.3) is 10.9 Å². The fourth-order valence-electron chi connectivity index (χ4n) is 5.83. The van der Waals surface area contributed by atoms with Crippen LogP contribution in [0.15, 0.2) is 36.7 Å². The number of nitrogens with one attached hydrogen (secondary N) is 1. The average Bonchev–Trinajstić information content (AvgIpc) is 3.22. The summed E-state index contributed by atoms with van der Waals surface area (Å²) in [5.41, 5.74) is 5.51. The Hall–Kier alpha value is -2.80. The first-order valence-electron chi connectivity index (χ1n) is 11.0. The van der Waals surface area contributed by atoms with Gasteiger partial charge in [-0.1, -0.05) is 12.1 Å². The number of ether oxygens (including phenoxy) is 1. The molecule has 1 spiro atoms. The summed E-state index contributed by atoms with van der Waals surface area (Å²) in [6.45, 7) is 6.09. The molecule has 2 aromatic heterocycles. The monoisotopic (exact) mass is 439 g/mol. The van der Waals surface area contributed by atoms with Gasteiger partial charge in [-0.3, -0.25) is 9.69 Å². The Labute approximate surface area is 185 Å². The van der Waals surface area contributed by atoms with Crippen LogP contribution in [-0.4, -0.2) is 33.8 Å². The lowest BCUT2D eigenvalue weighted by Gasteiger charge is -2.54. The molecule has 1 aromatic carbocycles. The Morgan fingerprint density at radius 3 is 2.75 bits per heavy atom. The SMILES string of the molecule is Cc1cc(C)c2[nH]ccc2c1CN1CCC2(C[C@@H]1c1ccc(OC=O)nc1)CC(F)(F)C2. The van der Waals surface area contributed by atoms with Crippen molar-refractivity contribution in [1.82, 2.24) is 14.9 Å². The molecule has 3 aromatic rings. The second-order valence-electron chi connectivity index (χ2n) is 9.55. The molecule has 168 valence electrons. The first-order chi connectivity index (χ1) is 15.3. The maximum Gasteiger partial charge on any atom is 0.299 e. The van der Waals surface area contributed by atoms with Crippen LogP contribution in [0.1, 0.15) is 54.0 Å². The normalized spacial score (nSPS) is 22.1. The number of aromatic amines is 1. The number of benzene rings is 1. The van der Waals surface area contributed by atoms with E-state index in [9.17, 15) is 13.6 Å². The summed E-state index contributed by atoms with van der Waals surface area (Å²) in [5, 5.41) is 1.21. The third-order valence-corrected chi connectivity index (χ3v) is 7.31. The molecule has 3 heterocycles. The first-order valence-corrected chi connectivity index (χ1v) is 11.0. The van der Waals surface area contributed by atoms with E-state index >= 15 is 0 Å². The summed E-state index contributed by atoms with van der Waals surface area (Å²) in [4.78, 5) is 20.6. The minimum Gasteiger partial charge on any atom is -0.410 e. The van der Waals surface area contributed by atoms with Gasteiger partial charge in [-0.25, -0.2) is 13.8 Å². The van der Waals surface area contributed by atoms with E-state index in [4.69, 9.17) is 4.74 Å². The lowest BCUT2D eigenvalue weighted by molar-refractivity contribution is -0.186. The molecular formula is C25H27F2N3O2. The Kier molecular flexibility index (Phi) is 5.04. The number of carbonyl (C=O) groups excluding carboxylic acids is 1. The summed E-state index contributed by atoms with van der Waals surface area (Å²) in [6.07, 6.45) is 5.07. The number of H-pyrrole nitrogens is 1. The van der Waals surface area contributed by atoms with Crippen LogP contribution in [0.2, 0.25) is 0 Å². The van der Waals surface area contributed by atoms with Crippen molar-refractivity contribution in [1.29, 1.82) is 0 Å². The molecule has 1 aliphatic carbocycles. The van der Waals surface area contributed by atoms with Crippen molar-refractivity contribution >= 4 is 17.4 Å². The van der Waals surface area contributed by atoms with E-state index in [1.165, 1.54) is 22.1 Å². The number of halogens is 2. The predicted molar refractivity (Wildman–Crippen MR) is 118 cm³/mol. The van der Waals surface area contributed by atoms with E-state index in [2.05, 4.69) is 40.8 Å². The van der Waals surface area contributed by atoms with Crippen molar-refractivity contribution in [2.45, 2.75) is 58.0 Å². The van der Waals surface area contributed by atoms with Crippen molar-refractivity contribution in [3.8, 4) is 5.88 Å². The topological polar surface area (TPSA) is 58.2 Å². The lowest BCUT2D eigenvalue weighted by atomic mass is 9.59. The van der Waals surface area contributed by atoms with Gasteiger partial charge in [0.05, 0.1) is 0 Å². The van der Waals surface area contributed by atoms with Gasteiger partial charge in [-0.2, -0.15) is 0 Å². The molecule has 1 aliphatic heterocycles. The van der Waals surface area contributed by atoms with Crippen LogP contribution in [-0.2, 0) is 11.3 Å². The number of aryl methyl sites for hydroxylation is 2. The predicted octanol–water partition coefficient (Wildman–Crippen LogP) is 5.47. The number of likely N-dealkylation sites (tertiary alicyclic amines) is 1. The Morgan fingerprint density at radius 2 is 2.06 bits per heavy atom. The Morgan fingerprint density at radius 1 is 1.25 bits per heavy atom. The maximum absolute atomic E-state index is 13.8. The van der Waals surface area contributed by atoms with Crippen LogP contribution in [0.3, 0.4) is 0 Å². The Bertz CT molecular complexity index is 1150. The van der Waals surface area contributed by atoms with Crippen LogP contribution >= 0.6 is 0 Å². The Balaban J connectivity index is 1.48. The summed E-state index contributed by atoms with van der Waals surface area (Å²) in [5.74, 6) is -2.31. The largest absolute Gasteiger partial charge is 0.410 e. The number of aromatic nitrogens is 2. The third kappa shape index (κ3) is 3.68. The van der Waals surface area contributed by atoms with E-state index < -0.39 is 5.92 Å². The van der Waals surface area contributed by atoms with Gasteiger partial charge in [0.1, 0.15) is 0 Å². The smallest absolute Gasteiger partial charge is 0.299 e. The van der Waals surface area contributed by atoms with E-state index in [1.807, 2.05) is 12.3 Å². The van der Waals surface area contributed by atoms with Crippen molar-refractivity contribution in [3.05, 3.63) is 58.9 Å². The van der Waals surface area contributed by atoms with Gasteiger partial charge >= 0.3 is 0 Å². The number of carbonyl (C=O) groups is 1. The number of hydrogen-bond acceptors (Lipinski definition) is 4. The number of alkyl halides is 2. The molecule has 0 amide bonds. The zero-order valence-electron chi connectivity index (χ0n) is 18.3. The van der Waals surface area contributed by atoms with Crippen molar-refractivity contribution in [2.75, 3.05) is 6.54 Å². The molecule has 0 unspecified atom stereocenters. The molecule has 7 heteroatoms. The van der Waals surface area contributed by atoms with E-state index in [-0.39, 0.29) is 30.2 Å². The maximum atomic E-state index is 13.8. The lowest BCUT2D eigenvalue weighted by Crippen LogP contribution is -2.53. The molecule has 1 saturated carbocycles. The molecule has 1 atom stereocenters. The number of rotatable bonds is 5. The summed E-state index contributed by atoms with van der Waals surface area (Å²) >= 11 is 0. The quantitative estimate of drug-likeness (QED) is 0.536. The van der Waals surface area contributed by atoms with Crippen LogP contribution in [0.5, 0.6) is 5.88 Å². The standard InChI is InChI=1S/C25H27F2N3O2/c1-16-9-17(2)23-19(5-7-28-23)20(16)12-30-8-6-24(13-25(26,27)14-24)10-21(30)18-3-4-22(29-11-18)32-15-31/h3-5,7,9,11,15,21,28H,6,8,10,12-14H2,1-2H3/t21-/m1/s1. The zero-order valence-corrected chi connectivity index (χ0v) is 18.3. The molecule has 0 bridgehead atoms. The van der Waals surface area contributed by atoms with Gasteiger partial charge in [0.15, 0.2) is 0 Å². The van der Waals surface area contributed by atoms with Gasteiger partial charge in [-0.05, 0) is 67.0 Å². The molecular weight excluding hydrogens is 412 g/mol. The number of fused-ring (bicyclic) bond motifs is 1. The van der Waals surface area contributed by atoms with Gasteiger partial charge < -0.3 is 9.72 Å². The van der Waals surface area contributed by atoms with Crippen molar-refractivity contribution < 1.29 is 18.3 Å². The number of piperidine rings is 1. The number of hydrogen-bond donors (Lipinski definition) is 1. The van der Waals surface area contributed by atoms with Crippen LogP contribution in [0.4, 0.5) is 8.78 Å². The molecule has 1 saturated heterocycles. The number of nitrogens with zero attached hydrogens (tertiary/aromatic N) is 2. The van der Waals surface area contributed by atoms with Crippen molar-refractivity contribution in [3.63, 3.8) is 0 Å². The van der Waals surface area contributed by atoms with E-state index in [0.29, 0.717) is 12.9 Å². The molecule has 32 heavy (non-hydrogen) atoms. The summed E-state index contributed by atoms with van der Waals surface area (Å²) < 4.78 is 32.5. The fraction of sp³-hybridized carbons (Fsp3) is 0.440. The van der Waals surface area contributed by atoms with Crippen LogP contribution < -0.4 is 4.74 Å². The van der Waals surface area contributed by atoms with Gasteiger partial charge in [-0.15, -0.1) is 0 Å². The summed E-state index contributed by atoms with van der Waals surface area (Å²) in [7, 11) is 0.